The first-order chi connectivity index (χ1) is 24.5. The number of hydrogen-bond acceptors (Lipinski definition) is 9. The maximum atomic E-state index is 14.3. The minimum Gasteiger partial charge on any atom is -0.500 e. The van der Waals surface area contributed by atoms with E-state index in [1.807, 2.05) is 40.3 Å². The Hall–Kier alpha value is -2.70. The highest BCUT2D eigenvalue weighted by Crippen LogP contribution is 2.61. The number of amides is 2. The molecule has 3 unspecified atom stereocenters. The van der Waals surface area contributed by atoms with Crippen LogP contribution >= 0.6 is 0 Å². The molecule has 1 saturated heterocycles. The van der Waals surface area contributed by atoms with Crippen LogP contribution in [0.5, 0.6) is 0 Å². The Morgan fingerprint density at radius 3 is 2.42 bits per heavy atom. The summed E-state index contributed by atoms with van der Waals surface area (Å²) in [7, 11) is 9.74. The van der Waals surface area contributed by atoms with Gasteiger partial charge in [-0.3, -0.25) is 14.4 Å². The third kappa shape index (κ3) is 8.19. The van der Waals surface area contributed by atoms with Crippen LogP contribution in [0.4, 0.5) is 0 Å². The summed E-state index contributed by atoms with van der Waals surface area (Å²) in [6, 6.07) is -0.723. The predicted octanol–water partition coefficient (Wildman–Crippen LogP) is 3.72. The number of hydroxylamine groups is 2. The van der Waals surface area contributed by atoms with Gasteiger partial charge < -0.3 is 35.4 Å². The molecule has 2 bridgehead atoms. The van der Waals surface area contributed by atoms with Gasteiger partial charge in [-0.1, -0.05) is 52.8 Å². The van der Waals surface area contributed by atoms with Crippen molar-refractivity contribution >= 4 is 11.8 Å². The summed E-state index contributed by atoms with van der Waals surface area (Å²) in [6.45, 7) is 13.5. The average Bonchev–Trinajstić information content (AvgIpc) is 3.46. The molecule has 11 heteroatoms. The minimum absolute atomic E-state index is 0.0105. The summed E-state index contributed by atoms with van der Waals surface area (Å²) in [5.74, 6) is 1.66. The van der Waals surface area contributed by atoms with E-state index in [1.54, 1.807) is 19.1 Å². The SMILES string of the molecule is COC1=C(CN2O[C@@H](CO)[C@@H]([C@H](C)O)[C@H]2C(=O)N[C@H]2C[C@H]3C[C@@H]([C@@H]2C)C3(C)C)C=CCC1C1C=C(C(=O)NC(CN(C)C)C(C)C)C=C(N(C)C)C1. The minimum atomic E-state index is -0.874. The molecule has 5 aliphatic carbocycles. The van der Waals surface area contributed by atoms with Crippen LogP contribution in [0.25, 0.3) is 0 Å². The zero-order chi connectivity index (χ0) is 38.2. The lowest BCUT2D eigenvalue weighted by molar-refractivity contribution is -0.173. The molecule has 292 valence electrons. The topological polar surface area (TPSA) is 127 Å². The number of nitrogens with one attached hydrogen (secondary N) is 2. The van der Waals surface area contributed by atoms with Crippen molar-refractivity contribution in [1.82, 2.24) is 25.5 Å². The molecule has 11 atom stereocenters. The van der Waals surface area contributed by atoms with Crippen LogP contribution in [0.1, 0.15) is 67.2 Å². The molecule has 1 aliphatic heterocycles. The van der Waals surface area contributed by atoms with Gasteiger partial charge in [-0.15, -0.1) is 0 Å². The third-order valence-corrected chi connectivity index (χ3v) is 13.2. The number of fused-ring (bicyclic) bond motifs is 2. The number of carbonyl (C=O) groups excluding carboxylic acids is 2. The largest absolute Gasteiger partial charge is 0.500 e. The Bertz CT molecular complexity index is 1430. The molecular weight excluding hydrogens is 658 g/mol. The summed E-state index contributed by atoms with van der Waals surface area (Å²) in [5.41, 5.74) is 2.89. The number of aliphatic hydroxyl groups is 2. The average molecular weight is 726 g/mol. The van der Waals surface area contributed by atoms with Gasteiger partial charge in [-0.25, -0.2) is 0 Å². The van der Waals surface area contributed by atoms with Crippen LogP contribution in [-0.4, -0.2) is 122 Å². The van der Waals surface area contributed by atoms with E-state index in [2.05, 4.69) is 67.2 Å². The first kappa shape index (κ1) is 40.5. The van der Waals surface area contributed by atoms with Crippen LogP contribution in [-0.2, 0) is 19.2 Å². The van der Waals surface area contributed by atoms with Crippen molar-refractivity contribution in [3.8, 4) is 0 Å². The molecule has 4 N–H and O–H groups in total. The van der Waals surface area contributed by atoms with E-state index in [0.717, 1.165) is 42.8 Å². The Balaban J connectivity index is 1.40. The van der Waals surface area contributed by atoms with E-state index in [-0.39, 0.29) is 54.8 Å². The molecule has 1 heterocycles. The zero-order valence-electron chi connectivity index (χ0n) is 33.6. The van der Waals surface area contributed by atoms with E-state index in [1.165, 1.54) is 6.42 Å². The summed E-state index contributed by atoms with van der Waals surface area (Å²) in [4.78, 5) is 38.5. The second-order valence-corrected chi connectivity index (χ2v) is 17.7. The number of methoxy groups -OCH3 is 1. The summed E-state index contributed by atoms with van der Waals surface area (Å²) in [6.07, 6.45) is 10.3. The summed E-state index contributed by atoms with van der Waals surface area (Å²) < 4.78 is 6.18. The van der Waals surface area contributed by atoms with Gasteiger partial charge in [-0.05, 0) is 87.8 Å². The Labute approximate surface area is 312 Å². The Morgan fingerprint density at radius 1 is 1.15 bits per heavy atom. The molecule has 3 saturated carbocycles. The molecule has 52 heavy (non-hydrogen) atoms. The van der Waals surface area contributed by atoms with Gasteiger partial charge in [0.2, 0.25) is 5.91 Å². The second kappa shape index (κ2) is 16.3. The molecule has 6 aliphatic rings. The lowest BCUT2D eigenvalue weighted by Gasteiger charge is -2.62. The van der Waals surface area contributed by atoms with Crippen molar-refractivity contribution in [2.75, 3.05) is 55.0 Å². The highest BCUT2D eigenvalue weighted by Gasteiger charge is 2.57. The fraction of sp³-hybridized carbons (Fsp3) is 0.756. The first-order valence-electron chi connectivity index (χ1n) is 19.5. The van der Waals surface area contributed by atoms with Gasteiger partial charge in [0.15, 0.2) is 0 Å². The van der Waals surface area contributed by atoms with E-state index >= 15 is 0 Å². The highest BCUT2D eigenvalue weighted by molar-refractivity contribution is 5.96. The molecule has 4 fully saturated rings. The standard InChI is InChI=1S/C41H67N5O6/c1-23(2)34(21-44(7)8)43-39(49)28-15-27(16-30(17-28)45(9)10)31-14-12-13-26(38(31)51-11)20-46-37(36(25(4)48)35(22-47)52-46)40(50)42-33-19-29-18-32(24(33)3)41(29,5)6/h12-13,15,17,23-25,27,29,31-37,47-48H,14,16,18-22H2,1-11H3,(H,42,50)(H,43,49)/t24-,25-,27?,29+,31?,32-,33-,34?,35-,36+,37-/m0/s1. The van der Waals surface area contributed by atoms with Crippen LogP contribution < -0.4 is 10.6 Å². The number of rotatable bonds is 14. The fourth-order valence-corrected chi connectivity index (χ4v) is 9.82. The normalized spacial score (nSPS) is 34.0. The van der Waals surface area contributed by atoms with Crippen molar-refractivity contribution in [1.29, 1.82) is 0 Å². The molecule has 0 aromatic heterocycles. The Morgan fingerprint density at radius 2 is 1.87 bits per heavy atom. The quantitative estimate of drug-likeness (QED) is 0.212. The number of allylic oxidation sites excluding steroid dienone is 4. The number of nitrogens with zero attached hydrogens (tertiary/aromatic N) is 3. The van der Waals surface area contributed by atoms with Gasteiger partial charge in [0.25, 0.3) is 5.91 Å². The van der Waals surface area contributed by atoms with E-state index in [9.17, 15) is 19.8 Å². The lowest BCUT2D eigenvalue weighted by Crippen LogP contribution is -2.62. The third-order valence-electron chi connectivity index (χ3n) is 13.2. The predicted molar refractivity (Wildman–Crippen MR) is 203 cm³/mol. The van der Waals surface area contributed by atoms with E-state index < -0.39 is 24.2 Å². The number of likely N-dealkylation sites (N-methyl/N-ethyl adjacent to an activating group) is 1. The second-order valence-electron chi connectivity index (χ2n) is 17.7. The molecule has 11 nitrogen and oxygen atoms in total. The Kier molecular flexibility index (Phi) is 12.7. The van der Waals surface area contributed by atoms with Crippen LogP contribution in [0.3, 0.4) is 0 Å². The number of carbonyl (C=O) groups is 2. The van der Waals surface area contributed by atoms with Gasteiger partial charge in [0.1, 0.15) is 17.9 Å². The van der Waals surface area contributed by atoms with Crippen molar-refractivity contribution in [2.45, 2.75) is 97.6 Å². The van der Waals surface area contributed by atoms with Crippen LogP contribution in [0.15, 0.2) is 46.9 Å². The maximum absolute atomic E-state index is 14.3. The maximum Gasteiger partial charge on any atom is 0.251 e. The van der Waals surface area contributed by atoms with Gasteiger partial charge >= 0.3 is 0 Å². The number of aliphatic hydroxyl groups excluding tert-OH is 2. The van der Waals surface area contributed by atoms with Gasteiger partial charge in [0.05, 0.1) is 26.4 Å². The molecule has 2 amide bonds. The molecular formula is C41H67N5O6. The van der Waals surface area contributed by atoms with Crippen molar-refractivity contribution < 1.29 is 29.4 Å². The summed E-state index contributed by atoms with van der Waals surface area (Å²) in [5, 5.41) is 29.6. The number of ether oxygens (including phenoxy) is 1. The monoisotopic (exact) mass is 726 g/mol. The lowest BCUT2D eigenvalue weighted by atomic mass is 9.45. The molecule has 0 aromatic carbocycles. The zero-order valence-corrected chi connectivity index (χ0v) is 33.6. The molecule has 0 spiro atoms. The van der Waals surface area contributed by atoms with Crippen LogP contribution in [0.2, 0.25) is 0 Å². The number of hydrogen-bond donors (Lipinski definition) is 4. The summed E-state index contributed by atoms with van der Waals surface area (Å²) >= 11 is 0. The van der Waals surface area contributed by atoms with Crippen molar-refractivity contribution in [2.24, 2.45) is 46.8 Å². The van der Waals surface area contributed by atoms with E-state index in [0.29, 0.717) is 28.7 Å². The molecule has 0 radical (unpaired) electrons. The molecule has 0 aromatic rings. The molecule has 6 rings (SSSR count). The van der Waals surface area contributed by atoms with Crippen molar-refractivity contribution in [3.05, 3.63) is 46.9 Å². The highest BCUT2D eigenvalue weighted by atomic mass is 16.7. The first-order valence-corrected chi connectivity index (χ1v) is 19.5. The fourth-order valence-electron chi connectivity index (χ4n) is 9.82. The van der Waals surface area contributed by atoms with Gasteiger partial charge in [-0.2, -0.15) is 5.06 Å². The van der Waals surface area contributed by atoms with E-state index in [4.69, 9.17) is 9.57 Å². The van der Waals surface area contributed by atoms with Crippen molar-refractivity contribution in [3.63, 3.8) is 0 Å². The van der Waals surface area contributed by atoms with Gasteiger partial charge in [0, 0.05) is 61.4 Å². The van der Waals surface area contributed by atoms with Crippen LogP contribution in [0, 0.1) is 46.8 Å². The smallest absolute Gasteiger partial charge is 0.251 e.